The van der Waals surface area contributed by atoms with E-state index < -0.39 is 0 Å². The highest BCUT2D eigenvalue weighted by molar-refractivity contribution is 9.11. The minimum atomic E-state index is 0.883. The molecule has 0 spiro atoms. The molecule has 0 aliphatic rings. The second-order valence-electron chi connectivity index (χ2n) is 5.52. The summed E-state index contributed by atoms with van der Waals surface area (Å²) in [7, 11) is 0. The molecule has 1 nitrogen and oxygen atoms in total. The smallest absolute Gasteiger partial charge is 0.106 e. The molecular formula is C18H27Br2N. The van der Waals surface area contributed by atoms with E-state index in [9.17, 15) is 0 Å². The summed E-state index contributed by atoms with van der Waals surface area (Å²) >= 11 is 6.93. The van der Waals surface area contributed by atoms with Crippen molar-refractivity contribution in [3.63, 3.8) is 0 Å². The molecule has 1 heterocycles. The highest BCUT2D eigenvalue weighted by Crippen LogP contribution is 2.19. The third-order valence-corrected chi connectivity index (χ3v) is 4.70. The standard InChI is InChI=1S/C18H27Br2N/c1-2-3-4-5-6-7-8-9-10-11-12-13-17-16(19)14-15-18(20)21-17/h12-15H,2-11H2,1H3/b13-12+. The molecule has 0 fully saturated rings. The quantitative estimate of drug-likeness (QED) is 0.268. The zero-order valence-electron chi connectivity index (χ0n) is 13.1. The molecule has 1 aromatic heterocycles. The first-order valence-corrected chi connectivity index (χ1v) is 9.81. The van der Waals surface area contributed by atoms with E-state index in [1.807, 2.05) is 12.1 Å². The van der Waals surface area contributed by atoms with E-state index in [1.165, 1.54) is 57.8 Å². The van der Waals surface area contributed by atoms with E-state index in [2.05, 4.69) is 55.9 Å². The number of halogens is 2. The van der Waals surface area contributed by atoms with E-state index >= 15 is 0 Å². The number of pyridine rings is 1. The zero-order chi connectivity index (χ0) is 15.3. The van der Waals surface area contributed by atoms with Crippen LogP contribution in [0.5, 0.6) is 0 Å². The summed E-state index contributed by atoms with van der Waals surface area (Å²) in [5.74, 6) is 0. The molecule has 21 heavy (non-hydrogen) atoms. The van der Waals surface area contributed by atoms with Gasteiger partial charge in [-0.2, -0.15) is 0 Å². The highest BCUT2D eigenvalue weighted by Gasteiger charge is 1.98. The molecule has 0 atom stereocenters. The molecule has 0 amide bonds. The van der Waals surface area contributed by atoms with Crippen LogP contribution in [0.3, 0.4) is 0 Å². The Balaban J connectivity index is 2.03. The summed E-state index contributed by atoms with van der Waals surface area (Å²) in [5, 5.41) is 0. The van der Waals surface area contributed by atoms with Crippen LogP contribution in [0.1, 0.15) is 76.8 Å². The van der Waals surface area contributed by atoms with Gasteiger partial charge in [0.2, 0.25) is 0 Å². The van der Waals surface area contributed by atoms with Crippen LogP contribution >= 0.6 is 31.9 Å². The molecule has 0 N–H and O–H groups in total. The lowest BCUT2D eigenvalue weighted by Crippen LogP contribution is -1.84. The van der Waals surface area contributed by atoms with Crippen LogP contribution < -0.4 is 0 Å². The average molecular weight is 417 g/mol. The first kappa shape index (κ1) is 18.9. The molecule has 0 aliphatic heterocycles. The lowest BCUT2D eigenvalue weighted by Gasteiger charge is -2.01. The molecule has 0 saturated heterocycles. The van der Waals surface area contributed by atoms with Gasteiger partial charge in [-0.1, -0.05) is 64.4 Å². The SMILES string of the molecule is CCCCCCCCCCC/C=C/c1nc(Br)ccc1Br. The van der Waals surface area contributed by atoms with Crippen molar-refractivity contribution in [1.29, 1.82) is 0 Å². The normalized spacial score (nSPS) is 11.4. The van der Waals surface area contributed by atoms with Gasteiger partial charge in [0, 0.05) is 4.47 Å². The van der Waals surface area contributed by atoms with Crippen molar-refractivity contribution in [2.24, 2.45) is 0 Å². The Hall–Kier alpha value is -0.150. The molecule has 1 rings (SSSR count). The molecule has 0 unspecified atom stereocenters. The predicted octanol–water partition coefficient (Wildman–Crippen LogP) is 7.54. The molecule has 1 aromatic rings. The topological polar surface area (TPSA) is 12.9 Å². The fourth-order valence-electron chi connectivity index (χ4n) is 2.32. The maximum Gasteiger partial charge on any atom is 0.106 e. The van der Waals surface area contributed by atoms with Crippen LogP contribution in [-0.2, 0) is 0 Å². The van der Waals surface area contributed by atoms with Gasteiger partial charge in [-0.05, 0) is 62.9 Å². The minimum Gasteiger partial charge on any atom is -0.240 e. The minimum absolute atomic E-state index is 0.883. The van der Waals surface area contributed by atoms with E-state index in [1.54, 1.807) is 0 Å². The van der Waals surface area contributed by atoms with Gasteiger partial charge in [0.05, 0.1) is 5.69 Å². The van der Waals surface area contributed by atoms with Gasteiger partial charge in [0.25, 0.3) is 0 Å². The maximum atomic E-state index is 4.44. The summed E-state index contributed by atoms with van der Waals surface area (Å²) in [4.78, 5) is 4.44. The molecule has 0 saturated carbocycles. The van der Waals surface area contributed by atoms with Crippen LogP contribution in [0, 0.1) is 0 Å². The first-order chi connectivity index (χ1) is 10.2. The van der Waals surface area contributed by atoms with Crippen LogP contribution in [0.25, 0.3) is 6.08 Å². The van der Waals surface area contributed by atoms with Crippen molar-refractivity contribution in [1.82, 2.24) is 4.98 Å². The molecule has 0 radical (unpaired) electrons. The highest BCUT2D eigenvalue weighted by atomic mass is 79.9. The number of nitrogens with zero attached hydrogens (tertiary/aromatic N) is 1. The number of rotatable bonds is 11. The van der Waals surface area contributed by atoms with Crippen LogP contribution in [0.2, 0.25) is 0 Å². The van der Waals surface area contributed by atoms with Gasteiger partial charge < -0.3 is 0 Å². The lowest BCUT2D eigenvalue weighted by molar-refractivity contribution is 0.566. The Morgan fingerprint density at radius 1 is 0.905 bits per heavy atom. The molecule has 0 aliphatic carbocycles. The Kier molecular flexibility index (Phi) is 11.2. The number of unbranched alkanes of at least 4 members (excludes halogenated alkanes) is 9. The van der Waals surface area contributed by atoms with E-state index in [0.29, 0.717) is 0 Å². The van der Waals surface area contributed by atoms with Gasteiger partial charge >= 0.3 is 0 Å². The third-order valence-electron chi connectivity index (χ3n) is 3.59. The van der Waals surface area contributed by atoms with Crippen molar-refractivity contribution in [3.05, 3.63) is 33.0 Å². The van der Waals surface area contributed by atoms with Crippen molar-refractivity contribution in [3.8, 4) is 0 Å². The summed E-state index contributed by atoms with van der Waals surface area (Å²) in [5.41, 5.74) is 1.00. The van der Waals surface area contributed by atoms with Crippen molar-refractivity contribution < 1.29 is 0 Å². The second-order valence-corrected chi connectivity index (χ2v) is 7.19. The summed E-state index contributed by atoms with van der Waals surface area (Å²) in [6.07, 6.45) is 18.0. The number of hydrogen-bond donors (Lipinski definition) is 0. The predicted molar refractivity (Wildman–Crippen MR) is 101 cm³/mol. The maximum absolute atomic E-state index is 4.44. The Labute approximate surface area is 146 Å². The monoisotopic (exact) mass is 415 g/mol. The zero-order valence-corrected chi connectivity index (χ0v) is 16.3. The molecular weight excluding hydrogens is 390 g/mol. The van der Waals surface area contributed by atoms with E-state index in [0.717, 1.165) is 21.2 Å². The van der Waals surface area contributed by atoms with E-state index in [4.69, 9.17) is 0 Å². The molecule has 0 bridgehead atoms. The van der Waals surface area contributed by atoms with Gasteiger partial charge in [-0.3, -0.25) is 0 Å². The van der Waals surface area contributed by atoms with Crippen LogP contribution in [0.15, 0.2) is 27.3 Å². The second kappa shape index (κ2) is 12.4. The van der Waals surface area contributed by atoms with Gasteiger partial charge in [0.1, 0.15) is 4.60 Å². The van der Waals surface area contributed by atoms with Crippen molar-refractivity contribution in [2.45, 2.75) is 71.1 Å². The van der Waals surface area contributed by atoms with Crippen LogP contribution in [0.4, 0.5) is 0 Å². The molecule has 3 heteroatoms. The van der Waals surface area contributed by atoms with Crippen LogP contribution in [-0.4, -0.2) is 4.98 Å². The number of aromatic nitrogens is 1. The van der Waals surface area contributed by atoms with E-state index in [-0.39, 0.29) is 0 Å². The Morgan fingerprint density at radius 3 is 2.19 bits per heavy atom. The van der Waals surface area contributed by atoms with Gasteiger partial charge in [0.15, 0.2) is 0 Å². The lowest BCUT2D eigenvalue weighted by atomic mass is 10.1. The number of hydrogen-bond acceptors (Lipinski definition) is 1. The summed E-state index contributed by atoms with van der Waals surface area (Å²) in [6, 6.07) is 3.97. The summed E-state index contributed by atoms with van der Waals surface area (Å²) in [6.45, 7) is 2.27. The first-order valence-electron chi connectivity index (χ1n) is 8.22. The third kappa shape index (κ3) is 9.46. The largest absolute Gasteiger partial charge is 0.240 e. The fourth-order valence-corrected chi connectivity index (χ4v) is 2.99. The van der Waals surface area contributed by atoms with Gasteiger partial charge in [-0.15, -0.1) is 0 Å². The summed E-state index contributed by atoms with van der Waals surface area (Å²) < 4.78 is 1.93. The molecule has 0 aromatic carbocycles. The van der Waals surface area contributed by atoms with Gasteiger partial charge in [-0.25, -0.2) is 4.98 Å². The van der Waals surface area contributed by atoms with Crippen molar-refractivity contribution in [2.75, 3.05) is 0 Å². The fraction of sp³-hybridized carbons (Fsp3) is 0.611. The number of allylic oxidation sites excluding steroid dienone is 1. The average Bonchev–Trinajstić information content (AvgIpc) is 2.48. The van der Waals surface area contributed by atoms with Crippen molar-refractivity contribution >= 4 is 37.9 Å². The Morgan fingerprint density at radius 2 is 1.52 bits per heavy atom. The molecule has 118 valence electrons. The Bertz CT molecular complexity index is 416.